The smallest absolute Gasteiger partial charge is 0.277 e. The third-order valence-electron chi connectivity index (χ3n) is 2.20. The first kappa shape index (κ1) is 13.0. The van der Waals surface area contributed by atoms with Gasteiger partial charge in [0.2, 0.25) is 0 Å². The number of aromatic nitrogens is 2. The van der Waals surface area contributed by atoms with Crippen molar-refractivity contribution in [3.8, 4) is 0 Å². The molecule has 2 aromatic rings. The molecule has 0 amide bonds. The summed E-state index contributed by atoms with van der Waals surface area (Å²) < 4.78 is 26.6. The van der Waals surface area contributed by atoms with E-state index in [1.165, 1.54) is 12.3 Å². The van der Waals surface area contributed by atoms with Gasteiger partial charge in [-0.3, -0.25) is 9.82 Å². The molecule has 1 heterocycles. The summed E-state index contributed by atoms with van der Waals surface area (Å²) in [6.45, 7) is 2.02. The lowest BCUT2D eigenvalue weighted by atomic mass is 10.3. The molecule has 0 aliphatic rings. The first-order valence-electron chi connectivity index (χ1n) is 5.37. The summed E-state index contributed by atoms with van der Waals surface area (Å²) in [6.07, 6.45) is 1.40. The van der Waals surface area contributed by atoms with Gasteiger partial charge in [-0.25, -0.2) is 0 Å². The SMILES string of the molecule is CCSc1ccccc1NS(=O)(=O)c1ccn[nH]1. The molecule has 0 spiro atoms. The van der Waals surface area contributed by atoms with Crippen molar-refractivity contribution >= 4 is 27.5 Å². The standard InChI is InChI=1S/C11H13N3O2S2/c1-2-17-10-6-4-3-5-9(10)14-18(15,16)11-7-8-12-13-11/h3-8,14H,2H2,1H3,(H,12,13). The van der Waals surface area contributed by atoms with E-state index in [0.717, 1.165) is 10.6 Å². The third-order valence-corrected chi connectivity index (χ3v) is 4.45. The minimum absolute atomic E-state index is 0.0544. The summed E-state index contributed by atoms with van der Waals surface area (Å²) in [5, 5.41) is 6.14. The Labute approximate surface area is 110 Å². The number of nitrogens with zero attached hydrogens (tertiary/aromatic N) is 1. The Balaban J connectivity index is 2.29. The Hall–Kier alpha value is -1.47. The molecule has 1 aromatic heterocycles. The van der Waals surface area contributed by atoms with Crippen LogP contribution in [0.3, 0.4) is 0 Å². The van der Waals surface area contributed by atoms with Gasteiger partial charge < -0.3 is 0 Å². The molecule has 18 heavy (non-hydrogen) atoms. The molecule has 0 saturated carbocycles. The fraction of sp³-hybridized carbons (Fsp3) is 0.182. The molecule has 0 bridgehead atoms. The average molecular weight is 283 g/mol. The Morgan fingerprint density at radius 3 is 2.78 bits per heavy atom. The van der Waals surface area contributed by atoms with Crippen LogP contribution in [0.5, 0.6) is 0 Å². The molecule has 96 valence electrons. The van der Waals surface area contributed by atoms with Crippen LogP contribution in [0.15, 0.2) is 46.5 Å². The largest absolute Gasteiger partial charge is 0.278 e. The first-order valence-corrected chi connectivity index (χ1v) is 7.84. The van der Waals surface area contributed by atoms with Gasteiger partial charge in [-0.2, -0.15) is 13.5 Å². The van der Waals surface area contributed by atoms with E-state index in [9.17, 15) is 8.42 Å². The van der Waals surface area contributed by atoms with Crippen molar-refractivity contribution in [1.82, 2.24) is 10.2 Å². The van der Waals surface area contributed by atoms with Crippen molar-refractivity contribution in [3.63, 3.8) is 0 Å². The van der Waals surface area contributed by atoms with Gasteiger partial charge >= 0.3 is 0 Å². The monoisotopic (exact) mass is 283 g/mol. The van der Waals surface area contributed by atoms with Gasteiger partial charge in [-0.1, -0.05) is 19.1 Å². The van der Waals surface area contributed by atoms with E-state index < -0.39 is 10.0 Å². The zero-order chi connectivity index (χ0) is 13.0. The third kappa shape index (κ3) is 2.85. The summed E-state index contributed by atoms with van der Waals surface area (Å²) in [5.41, 5.74) is 0.582. The zero-order valence-electron chi connectivity index (χ0n) is 9.75. The fourth-order valence-electron chi connectivity index (χ4n) is 1.42. The minimum Gasteiger partial charge on any atom is -0.277 e. The number of thioether (sulfide) groups is 1. The molecular formula is C11H13N3O2S2. The average Bonchev–Trinajstić information content (AvgIpc) is 2.86. The second-order valence-corrected chi connectivity index (χ2v) is 6.41. The Morgan fingerprint density at radius 1 is 1.33 bits per heavy atom. The molecule has 2 N–H and O–H groups in total. The van der Waals surface area contributed by atoms with E-state index in [1.54, 1.807) is 23.9 Å². The number of para-hydroxylation sites is 1. The minimum atomic E-state index is -3.59. The number of H-pyrrole nitrogens is 1. The van der Waals surface area contributed by atoms with E-state index >= 15 is 0 Å². The molecule has 0 aliphatic carbocycles. The summed E-state index contributed by atoms with van der Waals surface area (Å²) in [5.74, 6) is 0.878. The number of anilines is 1. The molecule has 0 fully saturated rings. The molecule has 2 rings (SSSR count). The molecule has 0 unspecified atom stereocenters. The van der Waals surface area contributed by atoms with Crippen molar-refractivity contribution < 1.29 is 8.42 Å². The molecule has 0 aliphatic heterocycles. The van der Waals surface area contributed by atoms with Crippen molar-refractivity contribution in [2.24, 2.45) is 0 Å². The summed E-state index contributed by atoms with van der Waals surface area (Å²) in [6, 6.07) is 8.72. The van der Waals surface area contributed by atoms with Gasteiger partial charge in [0.15, 0.2) is 5.03 Å². The predicted molar refractivity (Wildman–Crippen MR) is 72.2 cm³/mol. The van der Waals surface area contributed by atoms with Crippen LogP contribution in [0, 0.1) is 0 Å². The quantitative estimate of drug-likeness (QED) is 0.826. The molecule has 0 atom stereocenters. The Morgan fingerprint density at radius 2 is 2.11 bits per heavy atom. The highest BCUT2D eigenvalue weighted by atomic mass is 32.2. The van der Waals surface area contributed by atoms with Crippen LogP contribution in [0.4, 0.5) is 5.69 Å². The highest BCUT2D eigenvalue weighted by Gasteiger charge is 2.16. The highest BCUT2D eigenvalue weighted by Crippen LogP contribution is 2.28. The first-order chi connectivity index (χ1) is 8.63. The van der Waals surface area contributed by atoms with Crippen LogP contribution < -0.4 is 4.72 Å². The van der Waals surface area contributed by atoms with E-state index in [2.05, 4.69) is 14.9 Å². The van der Waals surface area contributed by atoms with Crippen molar-refractivity contribution in [2.45, 2.75) is 16.8 Å². The number of benzene rings is 1. The number of hydrogen-bond acceptors (Lipinski definition) is 4. The maximum absolute atomic E-state index is 12.0. The maximum Gasteiger partial charge on any atom is 0.278 e. The van der Waals surface area contributed by atoms with Crippen molar-refractivity contribution in [2.75, 3.05) is 10.5 Å². The lowest BCUT2D eigenvalue weighted by Gasteiger charge is -2.10. The van der Waals surface area contributed by atoms with Gasteiger partial charge in [0.05, 0.1) is 11.9 Å². The van der Waals surface area contributed by atoms with Crippen molar-refractivity contribution in [1.29, 1.82) is 0 Å². The van der Waals surface area contributed by atoms with Gasteiger partial charge in [0.1, 0.15) is 0 Å². The second kappa shape index (κ2) is 5.45. The summed E-state index contributed by atoms with van der Waals surface area (Å²) in [4.78, 5) is 0.906. The molecule has 5 nitrogen and oxygen atoms in total. The lowest BCUT2D eigenvalue weighted by Crippen LogP contribution is -2.14. The van der Waals surface area contributed by atoms with Crippen LogP contribution in [0.1, 0.15) is 6.92 Å². The van der Waals surface area contributed by atoms with Crippen LogP contribution in [-0.4, -0.2) is 24.4 Å². The number of nitrogens with one attached hydrogen (secondary N) is 2. The van der Waals surface area contributed by atoms with E-state index in [4.69, 9.17) is 0 Å². The molecular weight excluding hydrogens is 270 g/mol. The number of rotatable bonds is 5. The van der Waals surface area contributed by atoms with Crippen molar-refractivity contribution in [3.05, 3.63) is 36.5 Å². The number of aromatic amines is 1. The maximum atomic E-state index is 12.0. The van der Waals surface area contributed by atoms with Gasteiger partial charge in [0, 0.05) is 4.90 Å². The van der Waals surface area contributed by atoms with Crippen LogP contribution in [-0.2, 0) is 10.0 Å². The fourth-order valence-corrected chi connectivity index (χ4v) is 3.24. The van der Waals surface area contributed by atoms with Crippen LogP contribution >= 0.6 is 11.8 Å². The normalized spacial score (nSPS) is 11.4. The van der Waals surface area contributed by atoms with Gasteiger partial charge in [0.25, 0.3) is 10.0 Å². The molecule has 7 heteroatoms. The predicted octanol–water partition coefficient (Wildman–Crippen LogP) is 2.32. The van der Waals surface area contributed by atoms with Crippen LogP contribution in [0.25, 0.3) is 0 Å². The topological polar surface area (TPSA) is 74.8 Å². The van der Waals surface area contributed by atoms with E-state index in [-0.39, 0.29) is 5.03 Å². The highest BCUT2D eigenvalue weighted by molar-refractivity contribution is 7.99. The number of hydrogen-bond donors (Lipinski definition) is 2. The Bertz CT molecular complexity index is 609. The second-order valence-electron chi connectivity index (χ2n) is 3.46. The van der Waals surface area contributed by atoms with Gasteiger partial charge in [-0.05, 0) is 24.0 Å². The van der Waals surface area contributed by atoms with E-state index in [0.29, 0.717) is 5.69 Å². The Kier molecular flexibility index (Phi) is 3.93. The lowest BCUT2D eigenvalue weighted by molar-refractivity contribution is 0.597. The van der Waals surface area contributed by atoms with Gasteiger partial charge in [-0.15, -0.1) is 11.8 Å². The summed E-state index contributed by atoms with van der Waals surface area (Å²) in [7, 11) is -3.59. The molecule has 0 saturated heterocycles. The zero-order valence-corrected chi connectivity index (χ0v) is 11.4. The number of sulfonamides is 1. The van der Waals surface area contributed by atoms with Crippen LogP contribution in [0.2, 0.25) is 0 Å². The molecule has 0 radical (unpaired) electrons. The van der Waals surface area contributed by atoms with E-state index in [1.807, 2.05) is 19.1 Å². The molecule has 1 aromatic carbocycles. The summed E-state index contributed by atoms with van der Waals surface area (Å²) >= 11 is 1.59.